The second-order valence-corrected chi connectivity index (χ2v) is 3.65. The van der Waals surface area contributed by atoms with Gasteiger partial charge in [-0.1, -0.05) is 6.07 Å². The van der Waals surface area contributed by atoms with E-state index in [1.807, 2.05) is 13.0 Å². The predicted octanol–water partition coefficient (Wildman–Crippen LogP) is 1.81. The fourth-order valence-corrected chi connectivity index (χ4v) is 1.33. The van der Waals surface area contributed by atoms with Crippen LogP contribution in [-0.2, 0) is 9.59 Å². The molecule has 0 unspecified atom stereocenters. The third-order valence-electron chi connectivity index (χ3n) is 2.20. The lowest BCUT2D eigenvalue weighted by atomic mass is 10.2. The number of nitrogens with one attached hydrogen (secondary N) is 1. The first-order valence-corrected chi connectivity index (χ1v) is 5.19. The molecule has 0 aliphatic rings. The van der Waals surface area contributed by atoms with Gasteiger partial charge in [-0.3, -0.25) is 9.59 Å². The molecule has 0 radical (unpaired) electrons. The minimum Gasteiger partial charge on any atom is -0.495 e. The number of methoxy groups -OCH3 is 1. The van der Waals surface area contributed by atoms with Gasteiger partial charge in [-0.25, -0.2) is 0 Å². The molecule has 5 nitrogen and oxygen atoms in total. The zero-order valence-electron chi connectivity index (χ0n) is 9.82. The van der Waals surface area contributed by atoms with Crippen LogP contribution in [0.5, 0.6) is 5.75 Å². The Balaban J connectivity index is 2.67. The van der Waals surface area contributed by atoms with Gasteiger partial charge in [0.25, 0.3) is 0 Å². The maximum atomic E-state index is 11.4. The van der Waals surface area contributed by atoms with Crippen LogP contribution in [0.1, 0.15) is 18.4 Å². The Labute approximate surface area is 99.4 Å². The molecule has 1 aromatic carbocycles. The van der Waals surface area contributed by atoms with E-state index in [4.69, 9.17) is 9.84 Å². The number of carbonyl (C=O) groups excluding carboxylic acids is 1. The summed E-state index contributed by atoms with van der Waals surface area (Å²) in [6.07, 6.45) is -0.230. The van der Waals surface area contributed by atoms with Gasteiger partial charge in [0, 0.05) is 6.42 Å². The van der Waals surface area contributed by atoms with Crippen molar-refractivity contribution in [2.24, 2.45) is 0 Å². The van der Waals surface area contributed by atoms with E-state index >= 15 is 0 Å². The second-order valence-electron chi connectivity index (χ2n) is 3.65. The summed E-state index contributed by atoms with van der Waals surface area (Å²) in [7, 11) is 1.52. The third kappa shape index (κ3) is 4.14. The first-order chi connectivity index (χ1) is 8.02. The number of hydrogen-bond acceptors (Lipinski definition) is 3. The highest BCUT2D eigenvalue weighted by Gasteiger charge is 2.09. The van der Waals surface area contributed by atoms with E-state index in [0.717, 1.165) is 5.56 Å². The van der Waals surface area contributed by atoms with Gasteiger partial charge in [-0.2, -0.15) is 0 Å². The maximum Gasteiger partial charge on any atom is 0.303 e. The minimum atomic E-state index is -0.990. The normalized spacial score (nSPS) is 9.76. The number of aliphatic carboxylic acids is 1. The number of carboxylic acid groups (broad SMARTS) is 1. The molecule has 0 spiro atoms. The first-order valence-electron chi connectivity index (χ1n) is 5.19. The van der Waals surface area contributed by atoms with Crippen LogP contribution in [0.4, 0.5) is 5.69 Å². The van der Waals surface area contributed by atoms with Crippen LogP contribution in [0.15, 0.2) is 18.2 Å². The fraction of sp³-hybridized carbons (Fsp3) is 0.333. The lowest BCUT2D eigenvalue weighted by molar-refractivity contribution is -0.138. The second kappa shape index (κ2) is 5.89. The monoisotopic (exact) mass is 237 g/mol. The van der Waals surface area contributed by atoms with Crippen LogP contribution in [0.2, 0.25) is 0 Å². The van der Waals surface area contributed by atoms with E-state index in [1.54, 1.807) is 12.1 Å². The largest absolute Gasteiger partial charge is 0.495 e. The lowest BCUT2D eigenvalue weighted by Crippen LogP contribution is -2.13. The van der Waals surface area contributed by atoms with Gasteiger partial charge in [0.1, 0.15) is 5.75 Å². The van der Waals surface area contributed by atoms with Crippen molar-refractivity contribution in [1.82, 2.24) is 0 Å². The number of anilines is 1. The molecule has 17 heavy (non-hydrogen) atoms. The van der Waals surface area contributed by atoms with Crippen LogP contribution < -0.4 is 10.1 Å². The fourth-order valence-electron chi connectivity index (χ4n) is 1.33. The Hall–Kier alpha value is -2.04. The van der Waals surface area contributed by atoms with Crippen molar-refractivity contribution in [2.75, 3.05) is 12.4 Å². The van der Waals surface area contributed by atoms with Gasteiger partial charge in [0.15, 0.2) is 0 Å². The molecule has 92 valence electrons. The number of rotatable bonds is 5. The summed E-state index contributed by atoms with van der Waals surface area (Å²) in [5.74, 6) is -0.765. The number of aryl methyl sites for hydroxylation is 1. The van der Waals surface area contributed by atoms with Crippen molar-refractivity contribution < 1.29 is 19.4 Å². The minimum absolute atomic E-state index is 0.0492. The molecule has 0 saturated carbocycles. The Morgan fingerprint density at radius 2 is 2.06 bits per heavy atom. The van der Waals surface area contributed by atoms with Crippen molar-refractivity contribution in [3.63, 3.8) is 0 Å². The highest BCUT2D eigenvalue weighted by Crippen LogP contribution is 2.25. The van der Waals surface area contributed by atoms with E-state index in [-0.39, 0.29) is 18.7 Å². The number of benzene rings is 1. The molecule has 5 heteroatoms. The van der Waals surface area contributed by atoms with E-state index < -0.39 is 5.97 Å². The highest BCUT2D eigenvalue weighted by molar-refractivity contribution is 5.93. The molecule has 1 rings (SSSR count). The van der Waals surface area contributed by atoms with E-state index in [1.165, 1.54) is 7.11 Å². The van der Waals surface area contributed by atoms with Gasteiger partial charge in [-0.05, 0) is 24.6 Å². The van der Waals surface area contributed by atoms with Crippen molar-refractivity contribution in [1.29, 1.82) is 0 Å². The summed E-state index contributed by atoms with van der Waals surface area (Å²) in [5, 5.41) is 11.1. The van der Waals surface area contributed by atoms with Crippen LogP contribution >= 0.6 is 0 Å². The lowest BCUT2D eigenvalue weighted by Gasteiger charge is -2.10. The number of hydrogen-bond donors (Lipinski definition) is 2. The topological polar surface area (TPSA) is 75.6 Å². The molecule has 0 saturated heterocycles. The quantitative estimate of drug-likeness (QED) is 0.818. The van der Waals surface area contributed by atoms with Crippen molar-refractivity contribution >= 4 is 17.6 Å². The summed E-state index contributed by atoms with van der Waals surface area (Å²) in [4.78, 5) is 21.8. The van der Waals surface area contributed by atoms with Crippen LogP contribution in [0.3, 0.4) is 0 Å². The SMILES string of the molecule is COc1cc(C)ccc1NC(=O)CCC(=O)O. The summed E-state index contributed by atoms with van der Waals surface area (Å²) < 4.78 is 5.12. The van der Waals surface area contributed by atoms with Gasteiger partial charge >= 0.3 is 5.97 Å². The molecule has 0 heterocycles. The van der Waals surface area contributed by atoms with Gasteiger partial charge in [-0.15, -0.1) is 0 Å². The molecule has 0 fully saturated rings. The Morgan fingerprint density at radius 1 is 1.35 bits per heavy atom. The summed E-state index contributed by atoms with van der Waals surface area (Å²) in [5.41, 5.74) is 1.57. The zero-order chi connectivity index (χ0) is 12.8. The number of amides is 1. The van der Waals surface area contributed by atoms with E-state index in [2.05, 4.69) is 5.32 Å². The summed E-state index contributed by atoms with van der Waals surface area (Å²) in [6.45, 7) is 1.92. The van der Waals surface area contributed by atoms with E-state index in [9.17, 15) is 9.59 Å². The highest BCUT2D eigenvalue weighted by atomic mass is 16.5. The Kier molecular flexibility index (Phi) is 4.51. The van der Waals surface area contributed by atoms with E-state index in [0.29, 0.717) is 11.4 Å². The number of ether oxygens (including phenoxy) is 1. The molecule has 0 aromatic heterocycles. The smallest absolute Gasteiger partial charge is 0.303 e. The summed E-state index contributed by atoms with van der Waals surface area (Å²) >= 11 is 0. The van der Waals surface area contributed by atoms with Gasteiger partial charge in [0.2, 0.25) is 5.91 Å². The average Bonchev–Trinajstić information content (AvgIpc) is 2.28. The maximum absolute atomic E-state index is 11.4. The van der Waals surface area contributed by atoms with Gasteiger partial charge < -0.3 is 15.2 Å². The van der Waals surface area contributed by atoms with Crippen LogP contribution in [0, 0.1) is 6.92 Å². The van der Waals surface area contributed by atoms with Crippen LogP contribution in [-0.4, -0.2) is 24.1 Å². The molecule has 1 aromatic rings. The number of carboxylic acids is 1. The molecule has 0 atom stereocenters. The van der Waals surface area contributed by atoms with Crippen LogP contribution in [0.25, 0.3) is 0 Å². The zero-order valence-corrected chi connectivity index (χ0v) is 9.82. The van der Waals surface area contributed by atoms with Crippen molar-refractivity contribution in [3.8, 4) is 5.75 Å². The standard InChI is InChI=1S/C12H15NO4/c1-8-3-4-9(10(7-8)17-2)13-11(14)5-6-12(15)16/h3-4,7H,5-6H2,1-2H3,(H,13,14)(H,15,16). The molecular weight excluding hydrogens is 222 g/mol. The molecule has 0 bridgehead atoms. The molecule has 0 aliphatic heterocycles. The van der Waals surface area contributed by atoms with Crippen molar-refractivity contribution in [3.05, 3.63) is 23.8 Å². The molecule has 1 amide bonds. The third-order valence-corrected chi connectivity index (χ3v) is 2.20. The predicted molar refractivity (Wildman–Crippen MR) is 63.2 cm³/mol. The Morgan fingerprint density at radius 3 is 2.65 bits per heavy atom. The Bertz CT molecular complexity index is 429. The molecule has 0 aliphatic carbocycles. The molecular formula is C12H15NO4. The summed E-state index contributed by atoms with van der Waals surface area (Å²) in [6, 6.07) is 5.37. The average molecular weight is 237 g/mol. The van der Waals surface area contributed by atoms with Crippen molar-refractivity contribution in [2.45, 2.75) is 19.8 Å². The first kappa shape index (κ1) is 13.0. The molecule has 2 N–H and O–H groups in total. The van der Waals surface area contributed by atoms with Gasteiger partial charge in [0.05, 0.1) is 19.2 Å². The number of carbonyl (C=O) groups is 2.